The molecule has 3 rings (SSSR count). The molecule has 0 bridgehead atoms. The zero-order valence-corrected chi connectivity index (χ0v) is 11.4. The Kier molecular flexibility index (Phi) is 3.25. The summed E-state index contributed by atoms with van der Waals surface area (Å²) in [5, 5.41) is 12.8. The first kappa shape index (κ1) is 13.1. The maximum atomic E-state index is 13.5. The molecule has 0 atom stereocenters. The summed E-state index contributed by atoms with van der Waals surface area (Å²) < 4.78 is 13.5. The Morgan fingerprint density at radius 1 is 1.10 bits per heavy atom. The zero-order chi connectivity index (χ0) is 14.8. The molecule has 0 fully saturated rings. The van der Waals surface area contributed by atoms with Crippen molar-refractivity contribution in [3.8, 4) is 6.07 Å². The number of nitrogens with one attached hydrogen (secondary N) is 1. The number of pyridine rings is 1. The van der Waals surface area contributed by atoms with Gasteiger partial charge in [-0.3, -0.25) is 4.98 Å². The van der Waals surface area contributed by atoms with E-state index in [1.165, 1.54) is 12.1 Å². The summed E-state index contributed by atoms with van der Waals surface area (Å²) in [6, 6.07) is 15.6. The van der Waals surface area contributed by atoms with Gasteiger partial charge in [0.15, 0.2) is 0 Å². The smallest absolute Gasteiger partial charge is 0.124 e. The molecule has 102 valence electrons. The molecule has 0 saturated heterocycles. The Balaban J connectivity index is 2.06. The second-order valence-electron chi connectivity index (χ2n) is 4.79. The van der Waals surface area contributed by atoms with Crippen LogP contribution < -0.4 is 5.32 Å². The number of aryl methyl sites for hydroxylation is 1. The van der Waals surface area contributed by atoms with Gasteiger partial charge in [-0.25, -0.2) is 4.39 Å². The van der Waals surface area contributed by atoms with Crippen LogP contribution in [0.15, 0.2) is 48.5 Å². The van der Waals surface area contributed by atoms with Crippen LogP contribution in [0.1, 0.15) is 11.3 Å². The van der Waals surface area contributed by atoms with Gasteiger partial charge in [0.2, 0.25) is 0 Å². The van der Waals surface area contributed by atoms with Gasteiger partial charge in [0.05, 0.1) is 17.1 Å². The number of rotatable bonds is 2. The molecule has 3 aromatic rings. The van der Waals surface area contributed by atoms with Crippen molar-refractivity contribution in [1.82, 2.24) is 4.98 Å². The number of aromatic nitrogens is 1. The van der Waals surface area contributed by atoms with E-state index in [1.807, 2.05) is 25.1 Å². The third-order valence-electron chi connectivity index (χ3n) is 3.19. The fourth-order valence-electron chi connectivity index (χ4n) is 2.22. The predicted octanol–water partition coefficient (Wildman–Crippen LogP) is 4.30. The number of nitrogens with zero attached hydrogens (tertiary/aromatic N) is 2. The summed E-state index contributed by atoms with van der Waals surface area (Å²) in [5.74, 6) is -0.295. The van der Waals surface area contributed by atoms with Crippen LogP contribution >= 0.6 is 0 Å². The lowest BCUT2D eigenvalue weighted by Gasteiger charge is -2.11. The number of nitriles is 1. The van der Waals surface area contributed by atoms with Gasteiger partial charge in [-0.1, -0.05) is 0 Å². The van der Waals surface area contributed by atoms with E-state index in [0.29, 0.717) is 5.56 Å². The highest BCUT2D eigenvalue weighted by atomic mass is 19.1. The highest BCUT2D eigenvalue weighted by Gasteiger charge is 2.06. The second kappa shape index (κ2) is 5.22. The molecule has 4 heteroatoms. The Labute approximate surface area is 121 Å². The molecule has 1 heterocycles. The van der Waals surface area contributed by atoms with Gasteiger partial charge < -0.3 is 5.32 Å². The van der Waals surface area contributed by atoms with Crippen molar-refractivity contribution in [3.05, 3.63) is 65.6 Å². The molecular formula is C17H12FN3. The number of hydrogen-bond donors (Lipinski definition) is 1. The SMILES string of the molecule is Cc1cc(Nc2ccc(C#N)cc2)c2cc(F)ccc2n1. The lowest BCUT2D eigenvalue weighted by Crippen LogP contribution is -1.95. The lowest BCUT2D eigenvalue weighted by atomic mass is 10.1. The quantitative estimate of drug-likeness (QED) is 0.759. The summed E-state index contributed by atoms with van der Waals surface area (Å²) in [4.78, 5) is 4.40. The van der Waals surface area contributed by atoms with Crippen molar-refractivity contribution in [2.45, 2.75) is 6.92 Å². The summed E-state index contributed by atoms with van der Waals surface area (Å²) in [6.07, 6.45) is 0. The van der Waals surface area contributed by atoms with Gasteiger partial charge in [0, 0.05) is 22.5 Å². The number of fused-ring (bicyclic) bond motifs is 1. The van der Waals surface area contributed by atoms with E-state index < -0.39 is 0 Å². The molecule has 0 radical (unpaired) electrons. The van der Waals surface area contributed by atoms with Crippen LogP contribution in [-0.2, 0) is 0 Å². The zero-order valence-electron chi connectivity index (χ0n) is 11.4. The minimum atomic E-state index is -0.295. The second-order valence-corrected chi connectivity index (χ2v) is 4.79. The fraction of sp³-hybridized carbons (Fsp3) is 0.0588. The van der Waals surface area contributed by atoms with E-state index in [4.69, 9.17) is 5.26 Å². The highest BCUT2D eigenvalue weighted by Crippen LogP contribution is 2.27. The van der Waals surface area contributed by atoms with Crippen molar-refractivity contribution >= 4 is 22.3 Å². The van der Waals surface area contributed by atoms with E-state index in [9.17, 15) is 4.39 Å². The third-order valence-corrected chi connectivity index (χ3v) is 3.19. The van der Waals surface area contributed by atoms with Crippen LogP contribution in [0.5, 0.6) is 0 Å². The van der Waals surface area contributed by atoms with Gasteiger partial charge in [0.1, 0.15) is 5.82 Å². The number of halogens is 1. The van der Waals surface area contributed by atoms with Crippen LogP contribution in [0.4, 0.5) is 15.8 Å². The highest BCUT2D eigenvalue weighted by molar-refractivity contribution is 5.93. The molecule has 0 aliphatic heterocycles. The number of benzene rings is 2. The molecule has 0 amide bonds. The average Bonchev–Trinajstić information content (AvgIpc) is 2.49. The van der Waals surface area contributed by atoms with Crippen LogP contribution in [0.3, 0.4) is 0 Å². The van der Waals surface area contributed by atoms with Gasteiger partial charge in [-0.2, -0.15) is 5.26 Å². The molecule has 0 aliphatic carbocycles. The van der Waals surface area contributed by atoms with Crippen LogP contribution in [0, 0.1) is 24.1 Å². The molecule has 0 aliphatic rings. The molecule has 2 aromatic carbocycles. The summed E-state index contributed by atoms with van der Waals surface area (Å²) >= 11 is 0. The van der Waals surface area contributed by atoms with Gasteiger partial charge in [-0.05, 0) is 55.5 Å². The standard InChI is InChI=1S/C17H12FN3/c1-11-8-17(15-9-13(18)4-7-16(15)20-11)21-14-5-2-12(10-19)3-6-14/h2-9H,1H3,(H,20,21). The molecule has 1 aromatic heterocycles. The van der Waals surface area contributed by atoms with Crippen molar-refractivity contribution in [2.24, 2.45) is 0 Å². The van der Waals surface area contributed by atoms with Crippen molar-refractivity contribution in [2.75, 3.05) is 5.32 Å². The van der Waals surface area contributed by atoms with Gasteiger partial charge in [0.25, 0.3) is 0 Å². The Bertz CT molecular complexity index is 848. The Morgan fingerprint density at radius 2 is 1.86 bits per heavy atom. The molecule has 21 heavy (non-hydrogen) atoms. The Morgan fingerprint density at radius 3 is 2.57 bits per heavy atom. The van der Waals surface area contributed by atoms with Crippen LogP contribution in [0.25, 0.3) is 10.9 Å². The van der Waals surface area contributed by atoms with Gasteiger partial charge in [-0.15, -0.1) is 0 Å². The maximum absolute atomic E-state index is 13.5. The summed E-state index contributed by atoms with van der Waals surface area (Å²) in [7, 11) is 0. The van der Waals surface area contributed by atoms with E-state index in [0.717, 1.165) is 28.0 Å². The lowest BCUT2D eigenvalue weighted by molar-refractivity contribution is 0.629. The first-order valence-electron chi connectivity index (χ1n) is 6.50. The van der Waals surface area contributed by atoms with E-state index >= 15 is 0 Å². The molecule has 0 unspecified atom stereocenters. The monoisotopic (exact) mass is 277 g/mol. The van der Waals surface area contributed by atoms with Crippen molar-refractivity contribution in [3.63, 3.8) is 0 Å². The molecule has 3 nitrogen and oxygen atoms in total. The topological polar surface area (TPSA) is 48.7 Å². The molecule has 0 saturated carbocycles. The minimum absolute atomic E-state index is 0.295. The number of hydrogen-bond acceptors (Lipinski definition) is 3. The van der Waals surface area contributed by atoms with Crippen LogP contribution in [-0.4, -0.2) is 4.98 Å². The van der Waals surface area contributed by atoms with E-state index in [-0.39, 0.29) is 5.82 Å². The summed E-state index contributed by atoms with van der Waals surface area (Å²) in [5.41, 5.74) is 3.83. The largest absolute Gasteiger partial charge is 0.355 e. The fourth-order valence-corrected chi connectivity index (χ4v) is 2.22. The normalized spacial score (nSPS) is 10.3. The molecule has 0 spiro atoms. The summed E-state index contributed by atoms with van der Waals surface area (Å²) in [6.45, 7) is 1.90. The predicted molar refractivity (Wildman–Crippen MR) is 80.9 cm³/mol. The first-order chi connectivity index (χ1) is 10.2. The average molecular weight is 277 g/mol. The first-order valence-corrected chi connectivity index (χ1v) is 6.50. The molecule has 1 N–H and O–H groups in total. The minimum Gasteiger partial charge on any atom is -0.355 e. The maximum Gasteiger partial charge on any atom is 0.124 e. The molecular weight excluding hydrogens is 265 g/mol. The van der Waals surface area contributed by atoms with Crippen molar-refractivity contribution in [1.29, 1.82) is 5.26 Å². The van der Waals surface area contributed by atoms with Gasteiger partial charge >= 0.3 is 0 Å². The van der Waals surface area contributed by atoms with E-state index in [1.54, 1.807) is 18.2 Å². The van der Waals surface area contributed by atoms with Crippen molar-refractivity contribution < 1.29 is 4.39 Å². The van der Waals surface area contributed by atoms with E-state index in [2.05, 4.69) is 16.4 Å². The third kappa shape index (κ3) is 2.67. The van der Waals surface area contributed by atoms with Crippen LogP contribution in [0.2, 0.25) is 0 Å². The number of anilines is 2. The Hall–Kier alpha value is -2.93.